The maximum Gasteiger partial charge on any atom is 0.308 e. The minimum absolute atomic E-state index is 0.109. The Morgan fingerprint density at radius 1 is 0.921 bits per heavy atom. The Labute approximate surface area is 227 Å². The average molecular weight is 539 g/mol. The number of aliphatic hydroxyl groups is 5. The van der Waals surface area contributed by atoms with Gasteiger partial charge in [0.25, 0.3) is 0 Å². The van der Waals surface area contributed by atoms with Crippen LogP contribution < -0.4 is 0 Å². The summed E-state index contributed by atoms with van der Waals surface area (Å²) < 4.78 is 10.7. The molecule has 1 heterocycles. The number of esters is 1. The van der Waals surface area contributed by atoms with Crippen LogP contribution in [0, 0.1) is 46.3 Å². The predicted molar refractivity (Wildman–Crippen MR) is 139 cm³/mol. The second-order valence-corrected chi connectivity index (χ2v) is 14.0. The van der Waals surface area contributed by atoms with Gasteiger partial charge in [0.2, 0.25) is 6.29 Å². The van der Waals surface area contributed by atoms with E-state index in [1.807, 2.05) is 0 Å². The highest BCUT2D eigenvalue weighted by Gasteiger charge is 2.60. The van der Waals surface area contributed by atoms with E-state index in [1.54, 1.807) is 0 Å². The number of hydrogen-bond acceptors (Lipinski definition) is 8. The minimum atomic E-state index is -1.57. The molecule has 0 aromatic carbocycles. The largest absolute Gasteiger partial charge is 0.433 e. The first-order valence-electron chi connectivity index (χ1n) is 15.2. The van der Waals surface area contributed by atoms with Gasteiger partial charge in [-0.1, -0.05) is 20.8 Å². The number of aliphatic hydroxyl groups excluding tert-OH is 5. The fourth-order valence-corrected chi connectivity index (χ4v) is 10.1. The van der Waals surface area contributed by atoms with E-state index >= 15 is 0 Å². The van der Waals surface area contributed by atoms with Crippen LogP contribution in [0.5, 0.6) is 0 Å². The van der Waals surface area contributed by atoms with Crippen molar-refractivity contribution in [2.45, 2.75) is 128 Å². The molecule has 8 heteroatoms. The Morgan fingerprint density at radius 3 is 2.37 bits per heavy atom. The summed E-state index contributed by atoms with van der Waals surface area (Å²) in [5, 5.41) is 49.7. The number of hydrogen-bond donors (Lipinski definition) is 5. The van der Waals surface area contributed by atoms with Gasteiger partial charge in [0.05, 0.1) is 12.7 Å². The third kappa shape index (κ3) is 4.85. The number of carbonyl (C=O) groups is 1. The molecule has 0 aromatic heterocycles. The second kappa shape index (κ2) is 10.9. The zero-order valence-corrected chi connectivity index (χ0v) is 23.4. The zero-order valence-electron chi connectivity index (χ0n) is 23.4. The molecule has 14 atom stereocenters. The van der Waals surface area contributed by atoms with Crippen molar-refractivity contribution >= 4 is 5.97 Å². The molecule has 4 saturated carbocycles. The van der Waals surface area contributed by atoms with Crippen molar-refractivity contribution in [3.05, 3.63) is 0 Å². The Hall–Kier alpha value is -0.770. The van der Waals surface area contributed by atoms with E-state index in [2.05, 4.69) is 20.8 Å². The highest BCUT2D eigenvalue weighted by molar-refractivity contribution is 5.69. The molecule has 218 valence electrons. The Bertz CT molecular complexity index is 850. The lowest BCUT2D eigenvalue weighted by atomic mass is 9.44. The molecule has 5 fully saturated rings. The van der Waals surface area contributed by atoms with Gasteiger partial charge in [0, 0.05) is 6.42 Å². The first-order chi connectivity index (χ1) is 18.0. The van der Waals surface area contributed by atoms with Crippen LogP contribution in [0.2, 0.25) is 0 Å². The third-order valence-corrected chi connectivity index (χ3v) is 12.3. The molecule has 8 nitrogen and oxygen atoms in total. The van der Waals surface area contributed by atoms with Crippen molar-refractivity contribution < 1.29 is 39.8 Å². The van der Waals surface area contributed by atoms with E-state index < -0.39 is 43.3 Å². The molecule has 5 rings (SSSR count). The van der Waals surface area contributed by atoms with Gasteiger partial charge in [-0.25, -0.2) is 0 Å². The van der Waals surface area contributed by atoms with Crippen molar-refractivity contribution in [2.24, 2.45) is 46.3 Å². The molecule has 0 spiro atoms. The summed E-state index contributed by atoms with van der Waals surface area (Å²) in [7, 11) is 0. The first kappa shape index (κ1) is 28.7. The van der Waals surface area contributed by atoms with E-state index in [-0.39, 0.29) is 12.5 Å². The first-order valence-corrected chi connectivity index (χ1v) is 15.2. The highest BCUT2D eigenvalue weighted by atomic mass is 16.7. The molecular formula is C30H50O8. The van der Waals surface area contributed by atoms with Gasteiger partial charge in [-0.3, -0.25) is 4.79 Å². The van der Waals surface area contributed by atoms with Crippen LogP contribution in [-0.4, -0.2) is 74.9 Å². The number of fused-ring (bicyclic) bond motifs is 5. The van der Waals surface area contributed by atoms with Crippen LogP contribution in [0.1, 0.15) is 91.4 Å². The van der Waals surface area contributed by atoms with Crippen molar-refractivity contribution in [3.63, 3.8) is 0 Å². The van der Waals surface area contributed by atoms with Gasteiger partial charge in [-0.15, -0.1) is 0 Å². The fourth-order valence-electron chi connectivity index (χ4n) is 10.1. The summed E-state index contributed by atoms with van der Waals surface area (Å²) in [6.45, 7) is 6.74. The Morgan fingerprint density at radius 2 is 1.63 bits per heavy atom. The van der Waals surface area contributed by atoms with Gasteiger partial charge in [0.15, 0.2) is 0 Å². The van der Waals surface area contributed by atoms with Gasteiger partial charge < -0.3 is 35.0 Å². The van der Waals surface area contributed by atoms with Crippen molar-refractivity contribution in [2.75, 3.05) is 6.61 Å². The lowest BCUT2D eigenvalue weighted by molar-refractivity contribution is -0.292. The molecule has 38 heavy (non-hydrogen) atoms. The Balaban J connectivity index is 1.17. The van der Waals surface area contributed by atoms with Gasteiger partial charge >= 0.3 is 5.97 Å². The molecule has 5 N–H and O–H groups in total. The molecule has 4 aliphatic carbocycles. The highest BCUT2D eigenvalue weighted by Crippen LogP contribution is 2.68. The van der Waals surface area contributed by atoms with E-state index in [0.29, 0.717) is 35.0 Å². The van der Waals surface area contributed by atoms with Crippen LogP contribution in [0.15, 0.2) is 0 Å². The quantitative estimate of drug-likeness (QED) is 0.326. The zero-order chi connectivity index (χ0) is 27.4. The summed E-state index contributed by atoms with van der Waals surface area (Å²) in [4.78, 5) is 12.7. The average Bonchev–Trinajstić information content (AvgIpc) is 3.25. The minimum Gasteiger partial charge on any atom is -0.433 e. The summed E-state index contributed by atoms with van der Waals surface area (Å²) in [6, 6.07) is 0. The summed E-state index contributed by atoms with van der Waals surface area (Å²) in [6.07, 6.45) is 4.34. The van der Waals surface area contributed by atoms with Crippen molar-refractivity contribution in [1.82, 2.24) is 0 Å². The number of ether oxygens (including phenoxy) is 2. The normalized spacial score (nSPS) is 51.4. The SMILES string of the molecule is C[C@H](CCC(=O)O[C@@H]1O[C@H](CO)[C@H](O)[C@H](O)[C@H]1O)[C@H]1CC[C@H]2[C@@H]3CC[C@@H]4C[C@H](O)CC[C@]4(C)[C@H]3CC[C@]12C. The lowest BCUT2D eigenvalue weighted by Crippen LogP contribution is -2.59. The molecular weight excluding hydrogens is 488 g/mol. The predicted octanol–water partition coefficient (Wildman–Crippen LogP) is 2.77. The molecule has 0 unspecified atom stereocenters. The van der Waals surface area contributed by atoms with Crippen molar-refractivity contribution in [3.8, 4) is 0 Å². The van der Waals surface area contributed by atoms with E-state index in [9.17, 15) is 30.3 Å². The van der Waals surface area contributed by atoms with Gasteiger partial charge in [0.1, 0.15) is 24.4 Å². The summed E-state index contributed by atoms with van der Waals surface area (Å²) in [5.41, 5.74) is 0.667. The summed E-state index contributed by atoms with van der Waals surface area (Å²) in [5.74, 6) is 3.37. The molecule has 5 aliphatic rings. The van der Waals surface area contributed by atoms with Crippen LogP contribution >= 0.6 is 0 Å². The molecule has 0 aromatic rings. The van der Waals surface area contributed by atoms with Gasteiger partial charge in [-0.05, 0) is 111 Å². The topological polar surface area (TPSA) is 137 Å². The van der Waals surface area contributed by atoms with Crippen LogP contribution in [0.4, 0.5) is 0 Å². The Kier molecular flexibility index (Phi) is 8.25. The number of carbonyl (C=O) groups excluding carboxylic acids is 1. The molecule has 1 aliphatic heterocycles. The molecule has 0 radical (unpaired) electrons. The maximum absolute atomic E-state index is 12.7. The summed E-state index contributed by atoms with van der Waals surface area (Å²) >= 11 is 0. The molecule has 0 bridgehead atoms. The standard InChI is InChI=1S/C30H50O8/c1-16(4-9-24(33)38-28-27(36)26(35)25(34)23(15-31)37-28)20-7-8-21-19-6-5-17-14-18(32)10-12-29(17,2)22(19)11-13-30(20,21)3/h16-23,25-28,31-32,34-36H,4-15H2,1-3H3/t16-,17-,18-,19+,20-,21+,22+,23-,25+,26+,27-,28+,29+,30-/m1/s1. The second-order valence-electron chi connectivity index (χ2n) is 14.0. The van der Waals surface area contributed by atoms with E-state index in [4.69, 9.17) is 9.47 Å². The maximum atomic E-state index is 12.7. The molecule has 1 saturated heterocycles. The van der Waals surface area contributed by atoms with Crippen LogP contribution in [0.3, 0.4) is 0 Å². The smallest absolute Gasteiger partial charge is 0.308 e. The van der Waals surface area contributed by atoms with Crippen LogP contribution in [-0.2, 0) is 14.3 Å². The monoisotopic (exact) mass is 538 g/mol. The lowest BCUT2D eigenvalue weighted by Gasteiger charge is -2.61. The van der Waals surface area contributed by atoms with Crippen molar-refractivity contribution in [1.29, 1.82) is 0 Å². The molecule has 0 amide bonds. The van der Waals surface area contributed by atoms with E-state index in [0.717, 1.165) is 30.6 Å². The van der Waals surface area contributed by atoms with Crippen LogP contribution in [0.25, 0.3) is 0 Å². The van der Waals surface area contributed by atoms with E-state index in [1.165, 1.54) is 44.9 Å². The van der Waals surface area contributed by atoms with Gasteiger partial charge in [-0.2, -0.15) is 0 Å². The third-order valence-electron chi connectivity index (χ3n) is 12.3. The fraction of sp³-hybridized carbons (Fsp3) is 0.967. The number of rotatable bonds is 6.